The average Bonchev–Trinajstić information content (AvgIpc) is 3.11. The molecule has 126 valence electrons. The van der Waals surface area contributed by atoms with Crippen LogP contribution >= 0.6 is 0 Å². The van der Waals surface area contributed by atoms with Gasteiger partial charge in [0.1, 0.15) is 6.33 Å². The van der Waals surface area contributed by atoms with Crippen molar-refractivity contribution in [3.8, 4) is 0 Å². The Morgan fingerprint density at radius 1 is 0.885 bits per heavy atom. The summed E-state index contributed by atoms with van der Waals surface area (Å²) in [4.78, 5) is 22.3. The number of nitrogens with zero attached hydrogens (tertiary/aromatic N) is 3. The zero-order valence-electron chi connectivity index (χ0n) is 14.3. The minimum atomic E-state index is -0.142. The molecule has 0 spiro atoms. The highest BCUT2D eigenvalue weighted by Gasteiger charge is 2.19. The van der Waals surface area contributed by atoms with Crippen LogP contribution in [0.3, 0.4) is 0 Å². The number of Topliss-reactive ketones (excluding diaryl/α,β-unsaturated/α-hetero) is 1. The normalized spacial score (nSPS) is 11.7. The summed E-state index contributed by atoms with van der Waals surface area (Å²) in [5, 5.41) is 0. The van der Waals surface area contributed by atoms with Gasteiger partial charge >= 0.3 is 0 Å². The molecule has 26 heavy (non-hydrogen) atoms. The van der Waals surface area contributed by atoms with Crippen molar-refractivity contribution in [2.45, 2.75) is 6.92 Å². The maximum atomic E-state index is 13.2. The van der Waals surface area contributed by atoms with E-state index in [-0.39, 0.29) is 5.78 Å². The molecule has 4 heteroatoms. The molecule has 0 radical (unpaired) electrons. The highest BCUT2D eigenvalue weighted by molar-refractivity contribution is 6.46. The number of rotatable bonds is 3. The van der Waals surface area contributed by atoms with E-state index in [1.807, 2.05) is 73.7 Å². The summed E-state index contributed by atoms with van der Waals surface area (Å²) in [5.41, 5.74) is 4.05. The zero-order valence-corrected chi connectivity index (χ0v) is 14.3. The molecule has 4 nitrogen and oxygen atoms in total. The van der Waals surface area contributed by atoms with E-state index in [9.17, 15) is 4.79 Å². The SMILES string of the molecule is Cc1ccccc1N=C(C(=O)c1ccccc1)n1cnc2ccccc21. The van der Waals surface area contributed by atoms with Crippen LogP contribution in [0.5, 0.6) is 0 Å². The van der Waals surface area contributed by atoms with Crippen LogP contribution in [0.2, 0.25) is 0 Å². The van der Waals surface area contributed by atoms with Gasteiger partial charge in [0.15, 0.2) is 5.84 Å². The molecule has 4 rings (SSSR count). The lowest BCUT2D eigenvalue weighted by molar-refractivity contribution is 0.106. The van der Waals surface area contributed by atoms with Crippen molar-refractivity contribution in [3.05, 3.63) is 96.3 Å². The topological polar surface area (TPSA) is 47.2 Å². The number of aliphatic imine (C=N–C) groups is 1. The molecule has 1 aromatic heterocycles. The van der Waals surface area contributed by atoms with E-state index < -0.39 is 0 Å². The van der Waals surface area contributed by atoms with Gasteiger partial charge in [-0.05, 0) is 30.7 Å². The van der Waals surface area contributed by atoms with E-state index in [2.05, 4.69) is 4.98 Å². The summed E-state index contributed by atoms with van der Waals surface area (Å²) < 4.78 is 1.76. The number of para-hydroxylation sites is 3. The maximum absolute atomic E-state index is 13.2. The maximum Gasteiger partial charge on any atom is 0.228 e. The summed E-state index contributed by atoms with van der Waals surface area (Å²) in [5.74, 6) is 0.191. The second kappa shape index (κ2) is 6.76. The van der Waals surface area contributed by atoms with E-state index in [0.29, 0.717) is 11.4 Å². The van der Waals surface area contributed by atoms with E-state index in [4.69, 9.17) is 4.99 Å². The van der Waals surface area contributed by atoms with E-state index in [1.165, 1.54) is 0 Å². The van der Waals surface area contributed by atoms with Crippen molar-refractivity contribution in [1.82, 2.24) is 9.55 Å². The molecule has 0 atom stereocenters. The van der Waals surface area contributed by atoms with Crippen LogP contribution in [0.4, 0.5) is 5.69 Å². The summed E-state index contributed by atoms with van der Waals surface area (Å²) >= 11 is 0. The van der Waals surface area contributed by atoms with Crippen LogP contribution in [0.15, 0.2) is 90.2 Å². The molecule has 1 heterocycles. The summed E-state index contributed by atoms with van der Waals surface area (Å²) in [6, 6.07) is 24.7. The van der Waals surface area contributed by atoms with Gasteiger partial charge in [0, 0.05) is 5.56 Å². The molecule has 0 saturated heterocycles. The average molecular weight is 339 g/mol. The third-order valence-electron chi connectivity index (χ3n) is 4.26. The Bertz CT molecular complexity index is 1110. The third-order valence-corrected chi connectivity index (χ3v) is 4.26. The first kappa shape index (κ1) is 16.0. The molecule has 0 amide bonds. The van der Waals surface area contributed by atoms with E-state index >= 15 is 0 Å². The molecule has 0 fully saturated rings. The first-order chi connectivity index (χ1) is 12.7. The van der Waals surface area contributed by atoms with Gasteiger partial charge in [0.2, 0.25) is 5.78 Å². The van der Waals surface area contributed by atoms with Crippen LogP contribution in [0.25, 0.3) is 11.0 Å². The molecule has 0 aliphatic carbocycles. The molecular weight excluding hydrogens is 322 g/mol. The van der Waals surface area contributed by atoms with Crippen LogP contribution in [-0.2, 0) is 0 Å². The van der Waals surface area contributed by atoms with Crippen LogP contribution in [0.1, 0.15) is 15.9 Å². The first-order valence-corrected chi connectivity index (χ1v) is 8.40. The lowest BCUT2D eigenvalue weighted by Gasteiger charge is -2.09. The fourth-order valence-corrected chi connectivity index (χ4v) is 2.86. The van der Waals surface area contributed by atoms with Gasteiger partial charge in [-0.25, -0.2) is 9.98 Å². The van der Waals surface area contributed by atoms with Gasteiger partial charge in [0.25, 0.3) is 0 Å². The second-order valence-corrected chi connectivity index (χ2v) is 6.02. The molecule has 0 aliphatic rings. The lowest BCUT2D eigenvalue weighted by Crippen LogP contribution is -2.22. The van der Waals surface area contributed by atoms with Gasteiger partial charge < -0.3 is 0 Å². The van der Waals surface area contributed by atoms with Gasteiger partial charge in [-0.1, -0.05) is 60.7 Å². The van der Waals surface area contributed by atoms with Gasteiger partial charge in [0.05, 0.1) is 16.7 Å². The van der Waals surface area contributed by atoms with Crippen LogP contribution < -0.4 is 0 Å². The van der Waals surface area contributed by atoms with Crippen LogP contribution in [-0.4, -0.2) is 21.2 Å². The van der Waals surface area contributed by atoms with Gasteiger partial charge in [-0.2, -0.15) is 0 Å². The number of aromatic nitrogens is 2. The number of ketones is 1. The number of aryl methyl sites for hydroxylation is 1. The molecule has 0 bridgehead atoms. The van der Waals surface area contributed by atoms with Crippen molar-refractivity contribution >= 4 is 28.3 Å². The molecule has 0 aliphatic heterocycles. The van der Waals surface area contributed by atoms with Crippen molar-refractivity contribution < 1.29 is 4.79 Å². The Morgan fingerprint density at radius 2 is 1.58 bits per heavy atom. The highest BCUT2D eigenvalue weighted by Crippen LogP contribution is 2.21. The summed E-state index contributed by atoms with van der Waals surface area (Å²) in [6.07, 6.45) is 1.66. The number of carbonyl (C=O) groups excluding carboxylic acids is 1. The smallest absolute Gasteiger partial charge is 0.228 e. The lowest BCUT2D eigenvalue weighted by atomic mass is 10.1. The predicted octanol–water partition coefficient (Wildman–Crippen LogP) is 4.81. The monoisotopic (exact) mass is 339 g/mol. The third kappa shape index (κ3) is 2.93. The Morgan fingerprint density at radius 3 is 2.38 bits per heavy atom. The number of hydrogen-bond donors (Lipinski definition) is 0. The molecule has 4 aromatic rings. The van der Waals surface area contributed by atoms with Crippen molar-refractivity contribution in [3.63, 3.8) is 0 Å². The largest absolute Gasteiger partial charge is 0.285 e. The van der Waals surface area contributed by atoms with Gasteiger partial charge in [-0.3, -0.25) is 9.36 Å². The number of benzene rings is 3. The number of carbonyl (C=O) groups is 1. The predicted molar refractivity (Wildman–Crippen MR) is 104 cm³/mol. The first-order valence-electron chi connectivity index (χ1n) is 8.40. The zero-order chi connectivity index (χ0) is 17.9. The molecule has 0 N–H and O–H groups in total. The molecule has 0 saturated carbocycles. The fourth-order valence-electron chi connectivity index (χ4n) is 2.86. The second-order valence-electron chi connectivity index (χ2n) is 6.02. The molecular formula is C22H17N3O. The fraction of sp³-hybridized carbons (Fsp3) is 0.0455. The van der Waals surface area contributed by atoms with Gasteiger partial charge in [-0.15, -0.1) is 0 Å². The quantitative estimate of drug-likeness (QED) is 0.306. The summed E-state index contributed by atoms with van der Waals surface area (Å²) in [6.45, 7) is 1.98. The number of imidazole rings is 1. The van der Waals surface area contributed by atoms with Crippen molar-refractivity contribution in [1.29, 1.82) is 0 Å². The van der Waals surface area contributed by atoms with E-state index in [1.54, 1.807) is 23.0 Å². The molecule has 3 aromatic carbocycles. The highest BCUT2D eigenvalue weighted by atomic mass is 16.1. The minimum absolute atomic E-state index is 0.142. The molecule has 0 unspecified atom stereocenters. The minimum Gasteiger partial charge on any atom is -0.285 e. The number of hydrogen-bond acceptors (Lipinski definition) is 3. The Kier molecular flexibility index (Phi) is 4.15. The number of fused-ring (bicyclic) bond motifs is 1. The van der Waals surface area contributed by atoms with E-state index in [0.717, 1.165) is 22.3 Å². The Labute approximate surface area is 151 Å². The van der Waals surface area contributed by atoms with Crippen LogP contribution in [0, 0.1) is 6.92 Å². The summed E-state index contributed by atoms with van der Waals surface area (Å²) in [7, 11) is 0. The van der Waals surface area contributed by atoms with Crippen molar-refractivity contribution in [2.75, 3.05) is 0 Å². The Balaban J connectivity index is 1.93. The van der Waals surface area contributed by atoms with Crippen molar-refractivity contribution in [2.24, 2.45) is 4.99 Å². The standard InChI is InChI=1S/C22H17N3O/c1-16-9-5-6-12-18(16)24-22(21(26)17-10-3-2-4-11-17)25-15-23-19-13-7-8-14-20(19)25/h2-15H,1H3. The Hall–Kier alpha value is -3.53.